The molecular weight excluding hydrogens is 439 g/mol. The van der Waals surface area contributed by atoms with Crippen molar-refractivity contribution in [2.45, 2.75) is 51.4 Å². The van der Waals surface area contributed by atoms with Crippen molar-refractivity contribution in [2.24, 2.45) is 0 Å². The van der Waals surface area contributed by atoms with Crippen molar-refractivity contribution in [2.75, 3.05) is 23.3 Å². The van der Waals surface area contributed by atoms with Gasteiger partial charge in [0.15, 0.2) is 5.82 Å². The first kappa shape index (κ1) is 23.8. The second kappa shape index (κ2) is 9.15. The molecule has 0 saturated carbocycles. The fourth-order valence-electron chi connectivity index (χ4n) is 4.49. The zero-order valence-electron chi connectivity index (χ0n) is 19.5. The second-order valence-corrected chi connectivity index (χ2v) is 9.67. The molecule has 0 bridgehead atoms. The third kappa shape index (κ3) is 5.26. The molecule has 0 atom stereocenters. The van der Waals surface area contributed by atoms with Gasteiger partial charge in [-0.15, -0.1) is 0 Å². The number of alkyl halides is 3. The van der Waals surface area contributed by atoms with Crippen LogP contribution in [0.25, 0.3) is 10.9 Å². The molecule has 4 rings (SSSR count). The molecule has 2 heterocycles. The van der Waals surface area contributed by atoms with Crippen molar-refractivity contribution in [1.29, 1.82) is 5.26 Å². The molecule has 1 aromatic heterocycles. The van der Waals surface area contributed by atoms with Crippen molar-refractivity contribution in [3.63, 3.8) is 0 Å². The molecule has 5 nitrogen and oxygen atoms in total. The van der Waals surface area contributed by atoms with E-state index in [0.29, 0.717) is 17.1 Å². The molecule has 34 heavy (non-hydrogen) atoms. The number of piperidine rings is 1. The van der Waals surface area contributed by atoms with E-state index in [1.807, 2.05) is 24.3 Å². The molecule has 2 aromatic carbocycles. The second-order valence-electron chi connectivity index (χ2n) is 9.67. The fraction of sp³-hybridized carbons (Fsp3) is 0.385. The lowest BCUT2D eigenvalue weighted by molar-refractivity contribution is -0.137. The molecule has 1 saturated heterocycles. The third-order valence-corrected chi connectivity index (χ3v) is 5.88. The van der Waals surface area contributed by atoms with Crippen LogP contribution in [0, 0.1) is 11.3 Å². The van der Waals surface area contributed by atoms with Crippen molar-refractivity contribution in [3.8, 4) is 6.07 Å². The van der Waals surface area contributed by atoms with Crippen LogP contribution < -0.4 is 15.5 Å². The standard InChI is InChI=1S/C26H28F3N5/c1-25(2,3)33-18-11-13-34(14-12-18)23-20-9-4-5-10-22(20)32-24(21(23)16-30)31-19-8-6-7-17(15-19)26(27,28)29/h4-10,15,18,33H,11-14H2,1-3H3,(H,31,32). The minimum absolute atomic E-state index is 0.0239. The van der Waals surface area contributed by atoms with Crippen molar-refractivity contribution in [1.82, 2.24) is 10.3 Å². The van der Waals surface area contributed by atoms with Crippen LogP contribution in [0.3, 0.4) is 0 Å². The SMILES string of the molecule is CC(C)(C)NC1CCN(c2c(C#N)c(Nc3cccc(C(F)(F)F)c3)nc3ccccc23)CC1. The molecule has 0 spiro atoms. The highest BCUT2D eigenvalue weighted by Crippen LogP contribution is 2.37. The first-order chi connectivity index (χ1) is 16.0. The quantitative estimate of drug-likeness (QED) is 0.477. The van der Waals surface area contributed by atoms with Gasteiger partial charge in [-0.2, -0.15) is 18.4 Å². The molecular formula is C26H28F3N5. The Morgan fingerprint density at radius 3 is 2.38 bits per heavy atom. The zero-order valence-corrected chi connectivity index (χ0v) is 19.5. The van der Waals surface area contributed by atoms with E-state index < -0.39 is 11.7 Å². The molecule has 178 valence electrons. The summed E-state index contributed by atoms with van der Waals surface area (Å²) in [5.41, 5.74) is 1.28. The number of hydrogen-bond donors (Lipinski definition) is 2. The third-order valence-electron chi connectivity index (χ3n) is 5.88. The van der Waals surface area contributed by atoms with Crippen LogP contribution in [0.5, 0.6) is 0 Å². The summed E-state index contributed by atoms with van der Waals surface area (Å²) in [5, 5.41) is 17.6. The van der Waals surface area contributed by atoms with E-state index in [2.05, 4.69) is 47.4 Å². The number of halogens is 3. The van der Waals surface area contributed by atoms with E-state index >= 15 is 0 Å². The Hall–Kier alpha value is -3.31. The molecule has 1 fully saturated rings. The molecule has 2 N–H and O–H groups in total. The first-order valence-electron chi connectivity index (χ1n) is 11.3. The number of nitrogens with one attached hydrogen (secondary N) is 2. The number of anilines is 3. The summed E-state index contributed by atoms with van der Waals surface area (Å²) in [6.45, 7) is 7.97. The maximum Gasteiger partial charge on any atom is 0.416 e. The molecule has 8 heteroatoms. The Morgan fingerprint density at radius 1 is 1.03 bits per heavy atom. The van der Waals surface area contributed by atoms with E-state index in [4.69, 9.17) is 0 Å². The summed E-state index contributed by atoms with van der Waals surface area (Å²) in [6.07, 6.45) is -2.60. The number of aromatic nitrogens is 1. The number of pyridine rings is 1. The number of benzene rings is 2. The van der Waals surface area contributed by atoms with Gasteiger partial charge in [0.1, 0.15) is 11.6 Å². The summed E-state index contributed by atoms with van der Waals surface area (Å²) in [6, 6.07) is 15.1. The minimum atomic E-state index is -4.46. The van der Waals surface area contributed by atoms with Crippen LogP contribution in [0.2, 0.25) is 0 Å². The molecule has 0 radical (unpaired) electrons. The minimum Gasteiger partial charge on any atom is -0.370 e. The summed E-state index contributed by atoms with van der Waals surface area (Å²) in [7, 11) is 0. The number of nitrogens with zero attached hydrogens (tertiary/aromatic N) is 3. The molecule has 0 unspecified atom stereocenters. The number of para-hydroxylation sites is 1. The molecule has 0 amide bonds. The normalized spacial score (nSPS) is 15.4. The van der Waals surface area contributed by atoms with Gasteiger partial charge in [0.2, 0.25) is 0 Å². The highest BCUT2D eigenvalue weighted by molar-refractivity contribution is 5.98. The maximum atomic E-state index is 13.2. The first-order valence-corrected chi connectivity index (χ1v) is 11.3. The van der Waals surface area contributed by atoms with Gasteiger partial charge in [-0.3, -0.25) is 0 Å². The van der Waals surface area contributed by atoms with E-state index in [9.17, 15) is 18.4 Å². The van der Waals surface area contributed by atoms with Gasteiger partial charge >= 0.3 is 6.18 Å². The predicted molar refractivity (Wildman–Crippen MR) is 129 cm³/mol. The Morgan fingerprint density at radius 2 is 1.74 bits per heavy atom. The van der Waals surface area contributed by atoms with Gasteiger partial charge < -0.3 is 15.5 Å². The van der Waals surface area contributed by atoms with Crippen molar-refractivity contribution < 1.29 is 13.2 Å². The summed E-state index contributed by atoms with van der Waals surface area (Å²) >= 11 is 0. The summed E-state index contributed by atoms with van der Waals surface area (Å²) in [4.78, 5) is 6.79. The summed E-state index contributed by atoms with van der Waals surface area (Å²) in [5.74, 6) is 0.255. The molecule has 1 aliphatic heterocycles. The Balaban J connectivity index is 1.71. The predicted octanol–water partition coefficient (Wildman–Crippen LogP) is 6.23. The van der Waals surface area contributed by atoms with Crippen LogP contribution in [0.4, 0.5) is 30.4 Å². The highest BCUT2D eigenvalue weighted by atomic mass is 19.4. The van der Waals surface area contributed by atoms with Gasteiger partial charge in [0, 0.05) is 35.7 Å². The summed E-state index contributed by atoms with van der Waals surface area (Å²) < 4.78 is 39.6. The van der Waals surface area contributed by atoms with Gasteiger partial charge in [-0.25, -0.2) is 4.98 Å². The highest BCUT2D eigenvalue weighted by Gasteiger charge is 2.31. The van der Waals surface area contributed by atoms with Gasteiger partial charge in [0.25, 0.3) is 0 Å². The van der Waals surface area contributed by atoms with E-state index in [1.54, 1.807) is 0 Å². The van der Waals surface area contributed by atoms with Gasteiger partial charge in [-0.1, -0.05) is 24.3 Å². The van der Waals surface area contributed by atoms with Crippen LogP contribution in [-0.2, 0) is 6.18 Å². The van der Waals surface area contributed by atoms with Gasteiger partial charge in [-0.05, 0) is 57.9 Å². The average Bonchev–Trinajstić information content (AvgIpc) is 2.77. The average molecular weight is 468 g/mol. The van der Waals surface area contributed by atoms with E-state index in [0.717, 1.165) is 49.1 Å². The lowest BCUT2D eigenvalue weighted by atomic mass is 9.98. The maximum absolute atomic E-state index is 13.2. The smallest absolute Gasteiger partial charge is 0.370 e. The number of nitriles is 1. The van der Waals surface area contributed by atoms with Crippen molar-refractivity contribution in [3.05, 3.63) is 59.7 Å². The van der Waals surface area contributed by atoms with Crippen LogP contribution in [-0.4, -0.2) is 29.7 Å². The zero-order chi connectivity index (χ0) is 24.5. The topological polar surface area (TPSA) is 64.0 Å². The van der Waals surface area contributed by atoms with E-state index in [-0.39, 0.29) is 17.0 Å². The Bertz CT molecular complexity index is 1220. The Kier molecular flexibility index (Phi) is 6.41. The monoisotopic (exact) mass is 467 g/mol. The lowest BCUT2D eigenvalue weighted by Gasteiger charge is -2.38. The van der Waals surface area contributed by atoms with E-state index in [1.165, 1.54) is 12.1 Å². The number of fused-ring (bicyclic) bond motifs is 1. The lowest BCUT2D eigenvalue weighted by Crippen LogP contribution is -2.49. The van der Waals surface area contributed by atoms with Crippen LogP contribution in [0.15, 0.2) is 48.5 Å². The molecule has 3 aromatic rings. The molecule has 1 aliphatic rings. The molecule has 0 aliphatic carbocycles. The van der Waals surface area contributed by atoms with Crippen LogP contribution >= 0.6 is 0 Å². The number of rotatable bonds is 4. The number of hydrogen-bond acceptors (Lipinski definition) is 5. The van der Waals surface area contributed by atoms with Gasteiger partial charge in [0.05, 0.1) is 16.8 Å². The van der Waals surface area contributed by atoms with Crippen molar-refractivity contribution >= 4 is 28.1 Å². The van der Waals surface area contributed by atoms with Crippen LogP contribution in [0.1, 0.15) is 44.7 Å². The fourth-order valence-corrected chi connectivity index (χ4v) is 4.49. The Labute approximate surface area is 197 Å². The largest absolute Gasteiger partial charge is 0.416 e.